The lowest BCUT2D eigenvalue weighted by molar-refractivity contribution is -0.0216. The highest BCUT2D eigenvalue weighted by molar-refractivity contribution is 9.10. The third-order valence-corrected chi connectivity index (χ3v) is 4.25. The van der Waals surface area contributed by atoms with Crippen LogP contribution in [-0.4, -0.2) is 18.2 Å². The molecule has 2 unspecified atom stereocenters. The van der Waals surface area contributed by atoms with Crippen LogP contribution in [0.2, 0.25) is 0 Å². The first-order chi connectivity index (χ1) is 8.44. The number of halogens is 3. The molecular weight excluding hydrogens is 304 g/mol. The molecule has 2 rings (SSSR count). The Morgan fingerprint density at radius 2 is 2.17 bits per heavy atom. The first kappa shape index (κ1) is 13.9. The molecule has 2 atom stereocenters. The Morgan fingerprint density at radius 1 is 1.44 bits per heavy atom. The zero-order valence-corrected chi connectivity index (χ0v) is 11.7. The zero-order valence-electron chi connectivity index (χ0n) is 10.1. The minimum atomic E-state index is -1.51. The minimum absolute atomic E-state index is 0.169. The van der Waals surface area contributed by atoms with Crippen molar-refractivity contribution in [2.45, 2.75) is 25.4 Å². The van der Waals surface area contributed by atoms with Gasteiger partial charge in [0.2, 0.25) is 0 Å². The Labute approximate surface area is 114 Å². The fourth-order valence-corrected chi connectivity index (χ4v) is 2.86. The molecule has 1 fully saturated rings. The average Bonchev–Trinajstić information content (AvgIpc) is 2.35. The van der Waals surface area contributed by atoms with Crippen LogP contribution in [0.5, 0.6) is 0 Å². The van der Waals surface area contributed by atoms with Crippen molar-refractivity contribution in [3.05, 3.63) is 33.8 Å². The fourth-order valence-electron chi connectivity index (χ4n) is 2.53. The predicted octanol–water partition coefficient (Wildman–Crippen LogP) is 2.93. The van der Waals surface area contributed by atoms with Crippen LogP contribution in [0.1, 0.15) is 25.3 Å². The monoisotopic (exact) mass is 319 g/mol. The van der Waals surface area contributed by atoms with Crippen LogP contribution >= 0.6 is 15.9 Å². The van der Waals surface area contributed by atoms with E-state index in [1.54, 1.807) is 0 Å². The Hall–Kier alpha value is -0.520. The van der Waals surface area contributed by atoms with Crippen molar-refractivity contribution in [1.82, 2.24) is 5.32 Å². The molecule has 0 saturated carbocycles. The van der Waals surface area contributed by atoms with Crippen LogP contribution in [0.3, 0.4) is 0 Å². The largest absolute Gasteiger partial charge is 0.385 e. The zero-order chi connectivity index (χ0) is 13.3. The maximum atomic E-state index is 14.0. The van der Waals surface area contributed by atoms with Gasteiger partial charge >= 0.3 is 0 Å². The van der Waals surface area contributed by atoms with E-state index in [-0.39, 0.29) is 16.0 Å². The van der Waals surface area contributed by atoms with Gasteiger partial charge in [0, 0.05) is 12.5 Å². The summed E-state index contributed by atoms with van der Waals surface area (Å²) in [7, 11) is 0. The summed E-state index contributed by atoms with van der Waals surface area (Å²) in [6, 6.07) is 2.48. The maximum absolute atomic E-state index is 14.0. The van der Waals surface area contributed by atoms with Gasteiger partial charge in [0.1, 0.15) is 11.6 Å². The van der Waals surface area contributed by atoms with Crippen LogP contribution in [-0.2, 0) is 5.60 Å². The van der Waals surface area contributed by atoms with Gasteiger partial charge in [0.15, 0.2) is 0 Å². The summed E-state index contributed by atoms with van der Waals surface area (Å²) in [4.78, 5) is 0. The molecule has 1 aromatic carbocycles. The van der Waals surface area contributed by atoms with Gasteiger partial charge in [-0.2, -0.15) is 0 Å². The molecule has 100 valence electrons. The SMILES string of the molecule is CC(O)(c1c(F)ccc(Br)c1F)C1CCCNC1. The van der Waals surface area contributed by atoms with Gasteiger partial charge < -0.3 is 10.4 Å². The van der Waals surface area contributed by atoms with Crippen LogP contribution in [0.4, 0.5) is 8.78 Å². The second-order valence-electron chi connectivity index (χ2n) is 4.91. The lowest BCUT2D eigenvalue weighted by Gasteiger charge is -2.36. The smallest absolute Gasteiger partial charge is 0.146 e. The highest BCUT2D eigenvalue weighted by atomic mass is 79.9. The third-order valence-electron chi connectivity index (χ3n) is 3.64. The number of benzene rings is 1. The summed E-state index contributed by atoms with van der Waals surface area (Å²) in [5.41, 5.74) is -1.75. The van der Waals surface area contributed by atoms with Crippen molar-refractivity contribution < 1.29 is 13.9 Å². The van der Waals surface area contributed by atoms with Crippen molar-refractivity contribution in [2.24, 2.45) is 5.92 Å². The van der Waals surface area contributed by atoms with Crippen molar-refractivity contribution in [3.63, 3.8) is 0 Å². The quantitative estimate of drug-likeness (QED) is 0.821. The Balaban J connectivity index is 2.42. The van der Waals surface area contributed by atoms with Crippen LogP contribution in [0.25, 0.3) is 0 Å². The summed E-state index contributed by atoms with van der Waals surface area (Å²) in [6.45, 7) is 2.94. The summed E-state index contributed by atoms with van der Waals surface area (Å²) in [5.74, 6) is -1.61. The molecule has 0 amide bonds. The number of aliphatic hydroxyl groups is 1. The van der Waals surface area contributed by atoms with E-state index in [4.69, 9.17) is 0 Å². The third kappa shape index (κ3) is 2.44. The summed E-state index contributed by atoms with van der Waals surface area (Å²) < 4.78 is 28.1. The first-order valence-electron chi connectivity index (χ1n) is 6.01. The summed E-state index contributed by atoms with van der Waals surface area (Å²) in [5, 5.41) is 13.7. The van der Waals surface area contributed by atoms with Gasteiger partial charge in [-0.15, -0.1) is 0 Å². The van der Waals surface area contributed by atoms with E-state index in [1.165, 1.54) is 19.1 Å². The molecule has 1 aliphatic rings. The molecule has 2 nitrogen and oxygen atoms in total. The lowest BCUT2D eigenvalue weighted by Crippen LogP contribution is -2.43. The number of rotatable bonds is 2. The molecule has 0 bridgehead atoms. The number of piperidine rings is 1. The Bertz CT molecular complexity index is 445. The van der Waals surface area contributed by atoms with E-state index in [1.807, 2.05) is 0 Å². The second kappa shape index (κ2) is 5.23. The van der Waals surface area contributed by atoms with Crippen LogP contribution < -0.4 is 5.32 Å². The van der Waals surface area contributed by atoms with Crippen molar-refractivity contribution in [2.75, 3.05) is 13.1 Å². The van der Waals surface area contributed by atoms with E-state index < -0.39 is 17.2 Å². The van der Waals surface area contributed by atoms with E-state index >= 15 is 0 Å². The number of nitrogens with one attached hydrogen (secondary N) is 1. The molecule has 1 aliphatic heterocycles. The highest BCUT2D eigenvalue weighted by Gasteiger charge is 2.39. The second-order valence-corrected chi connectivity index (χ2v) is 5.76. The number of hydrogen-bond donors (Lipinski definition) is 2. The van der Waals surface area contributed by atoms with Crippen LogP contribution in [0, 0.1) is 17.6 Å². The molecule has 0 aromatic heterocycles. The molecule has 18 heavy (non-hydrogen) atoms. The van der Waals surface area contributed by atoms with Gasteiger partial charge in [-0.05, 0) is 54.4 Å². The van der Waals surface area contributed by atoms with E-state index in [0.29, 0.717) is 6.54 Å². The van der Waals surface area contributed by atoms with Crippen LogP contribution in [0.15, 0.2) is 16.6 Å². The van der Waals surface area contributed by atoms with Crippen molar-refractivity contribution >= 4 is 15.9 Å². The summed E-state index contributed by atoms with van der Waals surface area (Å²) >= 11 is 3.03. The van der Waals surface area contributed by atoms with E-state index in [9.17, 15) is 13.9 Å². The molecule has 5 heteroatoms. The molecule has 1 aromatic rings. The topological polar surface area (TPSA) is 32.3 Å². The summed E-state index contributed by atoms with van der Waals surface area (Å²) in [6.07, 6.45) is 1.66. The van der Waals surface area contributed by atoms with Gasteiger partial charge in [-0.3, -0.25) is 0 Å². The van der Waals surface area contributed by atoms with Gasteiger partial charge in [0.05, 0.1) is 15.6 Å². The van der Waals surface area contributed by atoms with Crippen molar-refractivity contribution in [1.29, 1.82) is 0 Å². The van der Waals surface area contributed by atoms with Gasteiger partial charge in [0.25, 0.3) is 0 Å². The Morgan fingerprint density at radius 3 is 2.78 bits per heavy atom. The average molecular weight is 320 g/mol. The number of hydrogen-bond acceptors (Lipinski definition) is 2. The van der Waals surface area contributed by atoms with Gasteiger partial charge in [-0.25, -0.2) is 8.78 Å². The van der Waals surface area contributed by atoms with E-state index in [0.717, 1.165) is 19.4 Å². The molecule has 0 aliphatic carbocycles. The standard InChI is InChI=1S/C13H16BrF2NO/c1-13(18,8-3-2-6-17-7-8)11-10(15)5-4-9(14)12(11)16/h4-5,8,17-18H,2-3,6-7H2,1H3. The molecule has 1 heterocycles. The molecule has 2 N–H and O–H groups in total. The van der Waals surface area contributed by atoms with E-state index in [2.05, 4.69) is 21.2 Å². The molecule has 0 radical (unpaired) electrons. The first-order valence-corrected chi connectivity index (χ1v) is 6.81. The molecule has 0 spiro atoms. The minimum Gasteiger partial charge on any atom is -0.385 e. The normalized spacial score (nSPS) is 23.7. The molecule has 1 saturated heterocycles. The fraction of sp³-hybridized carbons (Fsp3) is 0.538. The highest BCUT2D eigenvalue weighted by Crippen LogP contribution is 2.38. The lowest BCUT2D eigenvalue weighted by atomic mass is 9.78. The van der Waals surface area contributed by atoms with Gasteiger partial charge in [-0.1, -0.05) is 0 Å². The maximum Gasteiger partial charge on any atom is 0.146 e. The Kier molecular flexibility index (Phi) is 4.04. The molecular formula is C13H16BrF2NO. The van der Waals surface area contributed by atoms with Crippen molar-refractivity contribution in [3.8, 4) is 0 Å². The predicted molar refractivity (Wildman–Crippen MR) is 69.2 cm³/mol.